The number of benzene rings is 1. The first-order chi connectivity index (χ1) is 18.0. The molecular weight excluding hydrogens is 472 g/mol. The fourth-order valence-electron chi connectivity index (χ4n) is 4.61. The number of carbonyl (C=O) groups excluding carboxylic acids is 1. The van der Waals surface area contributed by atoms with E-state index in [1.807, 2.05) is 24.4 Å². The van der Waals surface area contributed by atoms with Crippen LogP contribution in [0, 0.1) is 0 Å². The summed E-state index contributed by atoms with van der Waals surface area (Å²) in [4.78, 5) is 25.9. The molecule has 3 aromatic rings. The van der Waals surface area contributed by atoms with Crippen molar-refractivity contribution in [2.45, 2.75) is 45.3 Å². The molecule has 11 heteroatoms. The Hall–Kier alpha value is -3.44. The van der Waals surface area contributed by atoms with Gasteiger partial charge in [-0.2, -0.15) is 19.6 Å². The van der Waals surface area contributed by atoms with Crippen LogP contribution in [0.5, 0.6) is 11.8 Å². The average Bonchev–Trinajstić information content (AvgIpc) is 3.34. The Morgan fingerprint density at radius 1 is 1.16 bits per heavy atom. The summed E-state index contributed by atoms with van der Waals surface area (Å²) in [6.07, 6.45) is 3.51. The lowest BCUT2D eigenvalue weighted by Crippen LogP contribution is -2.47. The molecule has 2 aromatic heterocycles. The topological polar surface area (TPSA) is 109 Å². The Morgan fingerprint density at radius 3 is 2.70 bits per heavy atom. The Kier molecular flexibility index (Phi) is 7.71. The standard InChI is InChI=1S/C26H36N8O3/c1-18(2)22-17-29-34-23(22)30-25(36-20-7-11-32(3)12-8-20)31-24(34)28-16-19-5-4-6-21(15-19)37-26(35)33-13-9-27-10-14-33/h4-6,15,17-18,20,27H,7-14,16H2,1-3H3,(H,28,30,31). The van der Waals surface area contributed by atoms with E-state index in [4.69, 9.17) is 14.5 Å². The molecule has 2 fully saturated rings. The highest BCUT2D eigenvalue weighted by atomic mass is 16.6. The highest BCUT2D eigenvalue weighted by molar-refractivity contribution is 5.70. The Labute approximate surface area is 217 Å². The number of hydrogen-bond donors (Lipinski definition) is 2. The van der Waals surface area contributed by atoms with Gasteiger partial charge in [0, 0.05) is 51.4 Å². The van der Waals surface area contributed by atoms with Crippen LogP contribution in [0.2, 0.25) is 0 Å². The van der Waals surface area contributed by atoms with E-state index >= 15 is 0 Å². The van der Waals surface area contributed by atoms with Crippen molar-refractivity contribution in [1.29, 1.82) is 0 Å². The van der Waals surface area contributed by atoms with Crippen LogP contribution < -0.4 is 20.1 Å². The van der Waals surface area contributed by atoms with Gasteiger partial charge in [-0.15, -0.1) is 0 Å². The second kappa shape index (κ2) is 11.3. The van der Waals surface area contributed by atoms with Crippen LogP contribution in [-0.2, 0) is 6.54 Å². The van der Waals surface area contributed by atoms with Gasteiger partial charge in [-0.1, -0.05) is 26.0 Å². The number of ether oxygens (including phenoxy) is 2. The summed E-state index contributed by atoms with van der Waals surface area (Å²) in [6.45, 7) is 9.56. The van der Waals surface area contributed by atoms with Crippen molar-refractivity contribution in [3.63, 3.8) is 0 Å². The summed E-state index contributed by atoms with van der Waals surface area (Å²) < 4.78 is 13.6. The molecule has 0 bridgehead atoms. The molecular formula is C26H36N8O3. The summed E-state index contributed by atoms with van der Waals surface area (Å²) in [5.74, 6) is 1.34. The zero-order chi connectivity index (χ0) is 25.8. The maximum atomic E-state index is 12.5. The van der Waals surface area contributed by atoms with Crippen LogP contribution in [0.1, 0.15) is 43.7 Å². The summed E-state index contributed by atoms with van der Waals surface area (Å²) in [5, 5.41) is 11.2. The van der Waals surface area contributed by atoms with Crippen LogP contribution >= 0.6 is 0 Å². The number of likely N-dealkylation sites (tertiary alicyclic amines) is 1. The van der Waals surface area contributed by atoms with Crippen molar-refractivity contribution >= 4 is 17.7 Å². The molecule has 2 N–H and O–H groups in total. The summed E-state index contributed by atoms with van der Waals surface area (Å²) in [7, 11) is 2.13. The number of anilines is 1. The lowest BCUT2D eigenvalue weighted by molar-refractivity contribution is 0.105. The number of nitrogens with zero attached hydrogens (tertiary/aromatic N) is 6. The molecule has 0 radical (unpaired) electrons. The number of aromatic nitrogens is 4. The van der Waals surface area contributed by atoms with Gasteiger partial charge in [0.2, 0.25) is 5.95 Å². The smallest absolute Gasteiger partial charge is 0.415 e. The third-order valence-electron chi connectivity index (χ3n) is 6.86. The Balaban J connectivity index is 1.32. The van der Waals surface area contributed by atoms with Crippen LogP contribution in [0.4, 0.5) is 10.7 Å². The van der Waals surface area contributed by atoms with E-state index in [1.54, 1.807) is 15.5 Å². The molecule has 1 amide bonds. The Morgan fingerprint density at radius 2 is 1.95 bits per heavy atom. The normalized spacial score (nSPS) is 17.4. The van der Waals surface area contributed by atoms with Crippen molar-refractivity contribution in [3.05, 3.63) is 41.6 Å². The first-order valence-electron chi connectivity index (χ1n) is 13.1. The van der Waals surface area contributed by atoms with Gasteiger partial charge < -0.3 is 29.9 Å². The molecule has 5 rings (SSSR count). The van der Waals surface area contributed by atoms with Crippen molar-refractivity contribution in [3.8, 4) is 11.8 Å². The fraction of sp³-hybridized carbons (Fsp3) is 0.538. The Bertz CT molecular complexity index is 1220. The van der Waals surface area contributed by atoms with Crippen LogP contribution in [0.25, 0.3) is 5.65 Å². The molecule has 0 atom stereocenters. The minimum absolute atomic E-state index is 0.0963. The molecule has 0 aliphatic carbocycles. The molecule has 2 aliphatic heterocycles. The minimum atomic E-state index is -0.322. The number of amides is 1. The molecule has 2 aliphatic rings. The SMILES string of the molecule is CC(C)c1cnn2c(NCc3cccc(OC(=O)N4CCNCC4)c3)nc(OC3CCN(C)CC3)nc12. The third-order valence-corrected chi connectivity index (χ3v) is 6.86. The molecule has 4 heterocycles. The number of piperidine rings is 1. The molecule has 37 heavy (non-hydrogen) atoms. The predicted octanol–water partition coefficient (Wildman–Crippen LogP) is 2.74. The van der Waals surface area contributed by atoms with Crippen LogP contribution in [-0.4, -0.2) is 87.9 Å². The molecule has 1 aromatic carbocycles. The largest absolute Gasteiger partial charge is 0.460 e. The van der Waals surface area contributed by atoms with Gasteiger partial charge in [0.25, 0.3) is 0 Å². The molecule has 0 spiro atoms. The number of carbonyl (C=O) groups is 1. The quantitative estimate of drug-likeness (QED) is 0.498. The van der Waals surface area contributed by atoms with Crippen LogP contribution in [0.3, 0.4) is 0 Å². The second-order valence-electron chi connectivity index (χ2n) is 10.0. The van der Waals surface area contributed by atoms with Gasteiger partial charge in [0.15, 0.2) is 5.65 Å². The maximum absolute atomic E-state index is 12.5. The van der Waals surface area contributed by atoms with Crippen molar-refractivity contribution in [2.75, 3.05) is 51.6 Å². The van der Waals surface area contributed by atoms with Gasteiger partial charge in [-0.05, 0) is 43.5 Å². The zero-order valence-corrected chi connectivity index (χ0v) is 21.8. The van der Waals surface area contributed by atoms with Crippen molar-refractivity contribution in [2.24, 2.45) is 0 Å². The van der Waals surface area contributed by atoms with Gasteiger partial charge in [0.1, 0.15) is 11.9 Å². The van der Waals surface area contributed by atoms with E-state index in [-0.39, 0.29) is 18.1 Å². The lowest BCUT2D eigenvalue weighted by Gasteiger charge is -2.28. The monoisotopic (exact) mass is 508 g/mol. The second-order valence-corrected chi connectivity index (χ2v) is 10.0. The summed E-state index contributed by atoms with van der Waals surface area (Å²) in [6, 6.07) is 7.89. The van der Waals surface area contributed by atoms with Crippen molar-refractivity contribution in [1.82, 2.24) is 34.7 Å². The number of fused-ring (bicyclic) bond motifs is 1. The first kappa shape index (κ1) is 25.2. The van der Waals surface area contributed by atoms with E-state index in [9.17, 15) is 4.79 Å². The molecule has 198 valence electrons. The summed E-state index contributed by atoms with van der Waals surface area (Å²) in [5.41, 5.74) is 2.74. The molecule has 2 saturated heterocycles. The highest BCUT2D eigenvalue weighted by Gasteiger charge is 2.22. The average molecular weight is 509 g/mol. The van der Waals surface area contributed by atoms with Gasteiger partial charge >= 0.3 is 12.1 Å². The van der Waals surface area contributed by atoms with Gasteiger partial charge in [-0.3, -0.25) is 0 Å². The highest BCUT2D eigenvalue weighted by Crippen LogP contribution is 2.25. The minimum Gasteiger partial charge on any atom is -0.460 e. The third kappa shape index (κ3) is 6.11. The molecule has 0 unspecified atom stereocenters. The van der Waals surface area contributed by atoms with E-state index < -0.39 is 0 Å². The molecule has 11 nitrogen and oxygen atoms in total. The number of piperazine rings is 1. The van der Waals surface area contributed by atoms with E-state index in [1.165, 1.54) is 0 Å². The number of rotatable bonds is 7. The fourth-order valence-corrected chi connectivity index (χ4v) is 4.61. The summed E-state index contributed by atoms with van der Waals surface area (Å²) >= 11 is 0. The van der Waals surface area contributed by atoms with Gasteiger partial charge in [0.05, 0.1) is 6.20 Å². The van der Waals surface area contributed by atoms with E-state index in [0.29, 0.717) is 37.3 Å². The zero-order valence-electron chi connectivity index (χ0n) is 21.8. The van der Waals surface area contributed by atoms with E-state index in [0.717, 1.165) is 55.8 Å². The van der Waals surface area contributed by atoms with Crippen molar-refractivity contribution < 1.29 is 14.3 Å². The number of nitrogens with one attached hydrogen (secondary N) is 2. The first-order valence-corrected chi connectivity index (χ1v) is 13.1. The molecule has 0 saturated carbocycles. The van der Waals surface area contributed by atoms with Crippen LogP contribution in [0.15, 0.2) is 30.5 Å². The maximum Gasteiger partial charge on any atom is 0.415 e. The number of hydrogen-bond acceptors (Lipinski definition) is 9. The van der Waals surface area contributed by atoms with Gasteiger partial charge in [-0.25, -0.2) is 4.79 Å². The van der Waals surface area contributed by atoms with E-state index in [2.05, 4.69) is 46.5 Å². The predicted molar refractivity (Wildman–Crippen MR) is 140 cm³/mol. The lowest BCUT2D eigenvalue weighted by atomic mass is 10.1.